The van der Waals surface area contributed by atoms with Crippen LogP contribution in [0.5, 0.6) is 0 Å². The number of anilines is 1. The highest BCUT2D eigenvalue weighted by atomic mass is 16.5. The lowest BCUT2D eigenvalue weighted by Gasteiger charge is -2.20. The van der Waals surface area contributed by atoms with E-state index in [4.69, 9.17) is 4.74 Å². The maximum absolute atomic E-state index is 5.65. The summed E-state index contributed by atoms with van der Waals surface area (Å²) in [6.07, 6.45) is 10.4. The Morgan fingerprint density at radius 2 is 2.30 bits per heavy atom. The van der Waals surface area contributed by atoms with E-state index in [0.717, 1.165) is 37.6 Å². The van der Waals surface area contributed by atoms with Crippen molar-refractivity contribution in [2.75, 3.05) is 11.9 Å². The van der Waals surface area contributed by atoms with Crippen LogP contribution in [0.3, 0.4) is 0 Å². The first-order valence-electron chi connectivity index (χ1n) is 8.11. The van der Waals surface area contributed by atoms with Crippen LogP contribution in [-0.2, 0) is 11.3 Å². The standard InChI is InChI=1S/C16H29N3O/c1-4-13(3)9-14(5-2)18-15-10-17-19(11-15)12-16-7-6-8-20-16/h10-11,13-14,16,18H,4-9,12H2,1-3H3. The molecule has 1 aromatic rings. The van der Waals surface area contributed by atoms with E-state index in [9.17, 15) is 0 Å². The topological polar surface area (TPSA) is 39.1 Å². The van der Waals surface area contributed by atoms with E-state index < -0.39 is 0 Å². The molecule has 1 fully saturated rings. The molecule has 0 bridgehead atoms. The lowest BCUT2D eigenvalue weighted by atomic mass is 9.98. The molecule has 1 saturated heterocycles. The highest BCUT2D eigenvalue weighted by Gasteiger charge is 2.17. The third-order valence-electron chi connectivity index (χ3n) is 4.30. The number of ether oxygens (including phenoxy) is 1. The first-order valence-corrected chi connectivity index (χ1v) is 8.11. The Balaban J connectivity index is 1.84. The van der Waals surface area contributed by atoms with Gasteiger partial charge in [0.15, 0.2) is 0 Å². The summed E-state index contributed by atoms with van der Waals surface area (Å²) < 4.78 is 7.66. The Morgan fingerprint density at radius 1 is 1.45 bits per heavy atom. The summed E-state index contributed by atoms with van der Waals surface area (Å²) in [5, 5.41) is 8.06. The quantitative estimate of drug-likeness (QED) is 0.789. The van der Waals surface area contributed by atoms with E-state index in [-0.39, 0.29) is 0 Å². The Labute approximate surface area is 122 Å². The fraction of sp³-hybridized carbons (Fsp3) is 0.812. The van der Waals surface area contributed by atoms with Gasteiger partial charge in [-0.1, -0.05) is 27.2 Å². The number of nitrogens with one attached hydrogen (secondary N) is 1. The minimum atomic E-state index is 0.352. The third kappa shape index (κ3) is 4.51. The highest BCUT2D eigenvalue weighted by Crippen LogP contribution is 2.18. The average molecular weight is 279 g/mol. The molecule has 2 rings (SSSR count). The summed E-state index contributed by atoms with van der Waals surface area (Å²) in [6.45, 7) is 8.62. The van der Waals surface area contributed by atoms with Crippen molar-refractivity contribution in [1.29, 1.82) is 0 Å². The molecule has 1 aliphatic heterocycles. The van der Waals surface area contributed by atoms with Crippen molar-refractivity contribution in [3.8, 4) is 0 Å². The van der Waals surface area contributed by atoms with Crippen LogP contribution >= 0.6 is 0 Å². The van der Waals surface area contributed by atoms with Crippen LogP contribution < -0.4 is 5.32 Å². The van der Waals surface area contributed by atoms with Gasteiger partial charge in [-0.2, -0.15) is 5.10 Å². The van der Waals surface area contributed by atoms with E-state index in [1.165, 1.54) is 19.3 Å². The summed E-state index contributed by atoms with van der Waals surface area (Å²) in [6, 6.07) is 0.547. The van der Waals surface area contributed by atoms with Gasteiger partial charge in [0, 0.05) is 18.8 Å². The van der Waals surface area contributed by atoms with Crippen molar-refractivity contribution < 1.29 is 4.74 Å². The molecule has 3 atom stereocenters. The summed E-state index contributed by atoms with van der Waals surface area (Å²) in [7, 11) is 0. The predicted octanol–water partition coefficient (Wildman–Crippen LogP) is 3.69. The molecular weight excluding hydrogens is 250 g/mol. The first-order chi connectivity index (χ1) is 9.71. The molecule has 114 valence electrons. The second-order valence-corrected chi connectivity index (χ2v) is 6.08. The van der Waals surface area contributed by atoms with Gasteiger partial charge in [0.25, 0.3) is 0 Å². The zero-order chi connectivity index (χ0) is 14.4. The van der Waals surface area contributed by atoms with Crippen LogP contribution in [-0.4, -0.2) is 28.5 Å². The minimum absolute atomic E-state index is 0.352. The summed E-state index contributed by atoms with van der Waals surface area (Å²) >= 11 is 0. The van der Waals surface area contributed by atoms with Gasteiger partial charge in [-0.05, 0) is 31.6 Å². The van der Waals surface area contributed by atoms with Gasteiger partial charge in [0.05, 0.1) is 24.5 Å². The van der Waals surface area contributed by atoms with Crippen molar-refractivity contribution in [2.45, 2.75) is 71.6 Å². The molecule has 1 N–H and O–H groups in total. The van der Waals surface area contributed by atoms with E-state index in [1.54, 1.807) is 0 Å². The van der Waals surface area contributed by atoms with Crippen molar-refractivity contribution in [3.05, 3.63) is 12.4 Å². The van der Waals surface area contributed by atoms with Gasteiger partial charge in [0.2, 0.25) is 0 Å². The molecule has 0 saturated carbocycles. The van der Waals surface area contributed by atoms with Crippen LogP contribution in [0.4, 0.5) is 5.69 Å². The molecule has 2 heterocycles. The molecular formula is C16H29N3O. The monoisotopic (exact) mass is 279 g/mol. The Morgan fingerprint density at radius 3 is 2.95 bits per heavy atom. The van der Waals surface area contributed by atoms with E-state index in [2.05, 4.69) is 37.4 Å². The zero-order valence-electron chi connectivity index (χ0n) is 13.1. The van der Waals surface area contributed by atoms with E-state index >= 15 is 0 Å². The Hall–Kier alpha value is -1.03. The number of nitrogens with zero attached hydrogens (tertiary/aromatic N) is 2. The second-order valence-electron chi connectivity index (χ2n) is 6.08. The van der Waals surface area contributed by atoms with Gasteiger partial charge >= 0.3 is 0 Å². The SMILES string of the molecule is CCC(C)CC(CC)Nc1cnn(CC2CCCO2)c1. The van der Waals surface area contributed by atoms with Crippen molar-refractivity contribution in [2.24, 2.45) is 5.92 Å². The molecule has 0 spiro atoms. The predicted molar refractivity (Wildman–Crippen MR) is 83.0 cm³/mol. The third-order valence-corrected chi connectivity index (χ3v) is 4.30. The first kappa shape index (κ1) is 15.4. The lowest BCUT2D eigenvalue weighted by Crippen LogP contribution is -2.21. The summed E-state index contributed by atoms with van der Waals surface area (Å²) in [5.41, 5.74) is 1.14. The normalized spacial score (nSPS) is 21.9. The molecule has 1 aromatic heterocycles. The maximum atomic E-state index is 5.65. The van der Waals surface area contributed by atoms with Gasteiger partial charge in [-0.15, -0.1) is 0 Å². The molecule has 20 heavy (non-hydrogen) atoms. The minimum Gasteiger partial charge on any atom is -0.380 e. The van der Waals surface area contributed by atoms with Crippen LogP contribution in [0.2, 0.25) is 0 Å². The molecule has 0 aromatic carbocycles. The lowest BCUT2D eigenvalue weighted by molar-refractivity contribution is 0.0940. The second kappa shape index (κ2) is 7.67. The Bertz CT molecular complexity index is 385. The average Bonchev–Trinajstić information content (AvgIpc) is 3.10. The summed E-state index contributed by atoms with van der Waals surface area (Å²) in [4.78, 5) is 0. The summed E-state index contributed by atoms with van der Waals surface area (Å²) in [5.74, 6) is 0.773. The fourth-order valence-electron chi connectivity index (χ4n) is 2.75. The van der Waals surface area contributed by atoms with Gasteiger partial charge in [0.1, 0.15) is 0 Å². The number of hydrogen-bond donors (Lipinski definition) is 1. The van der Waals surface area contributed by atoms with Gasteiger partial charge in [-0.3, -0.25) is 4.68 Å². The van der Waals surface area contributed by atoms with Crippen molar-refractivity contribution in [3.63, 3.8) is 0 Å². The molecule has 0 radical (unpaired) electrons. The smallest absolute Gasteiger partial charge is 0.0771 e. The molecule has 1 aliphatic rings. The fourth-order valence-corrected chi connectivity index (χ4v) is 2.75. The molecule has 4 heteroatoms. The molecule has 0 amide bonds. The van der Waals surface area contributed by atoms with Gasteiger partial charge < -0.3 is 10.1 Å². The van der Waals surface area contributed by atoms with Crippen molar-refractivity contribution in [1.82, 2.24) is 9.78 Å². The van der Waals surface area contributed by atoms with Crippen LogP contribution in [0.15, 0.2) is 12.4 Å². The van der Waals surface area contributed by atoms with Crippen LogP contribution in [0, 0.1) is 5.92 Å². The van der Waals surface area contributed by atoms with E-state index in [0.29, 0.717) is 12.1 Å². The maximum Gasteiger partial charge on any atom is 0.0771 e. The van der Waals surface area contributed by atoms with E-state index in [1.807, 2.05) is 10.9 Å². The number of rotatable bonds is 8. The Kier molecular flexibility index (Phi) is 5.89. The van der Waals surface area contributed by atoms with Gasteiger partial charge in [-0.25, -0.2) is 0 Å². The molecule has 3 unspecified atom stereocenters. The largest absolute Gasteiger partial charge is 0.380 e. The van der Waals surface area contributed by atoms with Crippen LogP contribution in [0.25, 0.3) is 0 Å². The number of aromatic nitrogens is 2. The van der Waals surface area contributed by atoms with Crippen LogP contribution in [0.1, 0.15) is 52.9 Å². The van der Waals surface area contributed by atoms with Crippen molar-refractivity contribution >= 4 is 5.69 Å². The zero-order valence-corrected chi connectivity index (χ0v) is 13.1. The molecule has 4 nitrogen and oxygen atoms in total. The highest BCUT2D eigenvalue weighted by molar-refractivity contribution is 5.39. The number of hydrogen-bond acceptors (Lipinski definition) is 3. The molecule has 0 aliphatic carbocycles.